The van der Waals surface area contributed by atoms with E-state index < -0.39 is 15.9 Å². The van der Waals surface area contributed by atoms with Crippen molar-refractivity contribution >= 4 is 15.9 Å². The van der Waals surface area contributed by atoms with Crippen molar-refractivity contribution < 1.29 is 27.1 Å². The molecule has 0 spiro atoms. The average molecular weight is 414 g/mol. The number of benzene rings is 2. The highest BCUT2D eigenvalue weighted by atomic mass is 32.2. The molecule has 8 nitrogen and oxygen atoms in total. The molecule has 2 N–H and O–H groups in total. The molecule has 0 fully saturated rings. The van der Waals surface area contributed by atoms with Crippen molar-refractivity contribution in [2.45, 2.75) is 18.0 Å². The van der Waals surface area contributed by atoms with Crippen LogP contribution in [0.3, 0.4) is 0 Å². The van der Waals surface area contributed by atoms with Gasteiger partial charge in [-0.1, -0.05) is 12.1 Å². The number of amides is 1. The predicted molar refractivity (Wildman–Crippen MR) is 103 cm³/mol. The number of nitrogens with one attached hydrogen (secondary N) is 2. The molecule has 3 aromatic rings. The van der Waals surface area contributed by atoms with Gasteiger partial charge in [0.15, 0.2) is 11.5 Å². The molecule has 4 rings (SSSR count). The third kappa shape index (κ3) is 4.41. The van der Waals surface area contributed by atoms with Crippen molar-refractivity contribution in [3.8, 4) is 11.5 Å². The van der Waals surface area contributed by atoms with Crippen molar-refractivity contribution in [1.29, 1.82) is 0 Å². The van der Waals surface area contributed by atoms with E-state index in [9.17, 15) is 13.2 Å². The normalized spacial score (nSPS) is 12.7. The van der Waals surface area contributed by atoms with Gasteiger partial charge < -0.3 is 19.2 Å². The highest BCUT2D eigenvalue weighted by molar-refractivity contribution is 7.89. The highest BCUT2D eigenvalue weighted by Crippen LogP contribution is 2.32. The lowest BCUT2D eigenvalue weighted by molar-refractivity contribution is 0.0948. The fourth-order valence-electron chi connectivity index (χ4n) is 2.80. The number of fused-ring (bicyclic) bond motifs is 1. The zero-order valence-electron chi connectivity index (χ0n) is 15.3. The van der Waals surface area contributed by atoms with Gasteiger partial charge in [0, 0.05) is 12.1 Å². The van der Waals surface area contributed by atoms with Gasteiger partial charge in [0.05, 0.1) is 17.7 Å². The molecular formula is C20H18N2O6S. The summed E-state index contributed by atoms with van der Waals surface area (Å²) in [7, 11) is -3.81. The van der Waals surface area contributed by atoms with E-state index in [0.717, 1.165) is 5.56 Å². The van der Waals surface area contributed by atoms with E-state index in [0.29, 0.717) is 17.3 Å². The zero-order valence-corrected chi connectivity index (χ0v) is 16.1. The fourth-order valence-corrected chi connectivity index (χ4v) is 3.86. The molecule has 9 heteroatoms. The molecule has 0 saturated carbocycles. The molecule has 150 valence electrons. The van der Waals surface area contributed by atoms with Crippen LogP contribution in [0.15, 0.2) is 70.2 Å². The summed E-state index contributed by atoms with van der Waals surface area (Å²) in [6.45, 7) is 0.443. The van der Waals surface area contributed by atoms with Crippen LogP contribution in [0.1, 0.15) is 21.7 Å². The van der Waals surface area contributed by atoms with E-state index in [-0.39, 0.29) is 30.3 Å². The summed E-state index contributed by atoms with van der Waals surface area (Å²) in [5, 5.41) is 2.69. The van der Waals surface area contributed by atoms with Crippen LogP contribution >= 0.6 is 0 Å². The molecule has 0 saturated heterocycles. The smallest absolute Gasteiger partial charge is 0.251 e. The fraction of sp³-hybridized carbons (Fsp3) is 0.150. The van der Waals surface area contributed by atoms with E-state index in [2.05, 4.69) is 10.0 Å². The molecule has 1 aromatic heterocycles. The number of carbonyl (C=O) groups is 1. The minimum absolute atomic E-state index is 0.00360. The van der Waals surface area contributed by atoms with Crippen LogP contribution in [0, 0.1) is 0 Å². The second kappa shape index (κ2) is 7.98. The Morgan fingerprint density at radius 2 is 1.83 bits per heavy atom. The number of sulfonamides is 1. The summed E-state index contributed by atoms with van der Waals surface area (Å²) in [6, 6.07) is 14.5. The Hall–Kier alpha value is -3.30. The maximum absolute atomic E-state index is 12.6. The van der Waals surface area contributed by atoms with Gasteiger partial charge in [0.25, 0.3) is 5.91 Å². The Balaban J connectivity index is 1.42. The van der Waals surface area contributed by atoms with E-state index in [1.807, 2.05) is 0 Å². The maximum Gasteiger partial charge on any atom is 0.251 e. The summed E-state index contributed by atoms with van der Waals surface area (Å²) >= 11 is 0. The Kier molecular flexibility index (Phi) is 5.24. The first-order valence-corrected chi connectivity index (χ1v) is 10.3. The maximum atomic E-state index is 12.6. The molecule has 2 heterocycles. The standard InChI is InChI=1S/C20H18N2O6S/c23-20(21-12-16-4-2-8-26-16)15-3-1-5-17(10-15)29(24,25)22-11-14-6-7-18-19(9-14)28-13-27-18/h1-10,22H,11-13H2,(H,21,23). The number of carbonyl (C=O) groups excluding carboxylic acids is 1. The largest absolute Gasteiger partial charge is 0.467 e. The van der Waals surface area contributed by atoms with Crippen LogP contribution in [0.5, 0.6) is 11.5 Å². The predicted octanol–water partition coefficient (Wildman–Crippen LogP) is 2.42. The number of hydrogen-bond acceptors (Lipinski definition) is 6. The summed E-state index contributed by atoms with van der Waals surface area (Å²) < 4.78 is 43.5. The first-order valence-electron chi connectivity index (χ1n) is 8.80. The molecule has 0 aliphatic carbocycles. The lowest BCUT2D eigenvalue weighted by Gasteiger charge is -2.09. The third-order valence-corrected chi connectivity index (χ3v) is 5.71. The van der Waals surface area contributed by atoms with Gasteiger partial charge in [-0.3, -0.25) is 4.79 Å². The molecule has 1 amide bonds. The van der Waals surface area contributed by atoms with E-state index >= 15 is 0 Å². The lowest BCUT2D eigenvalue weighted by atomic mass is 10.2. The van der Waals surface area contributed by atoms with Crippen LogP contribution in [-0.2, 0) is 23.1 Å². The molecule has 0 unspecified atom stereocenters. The molecule has 1 aliphatic heterocycles. The molecule has 1 aliphatic rings. The zero-order chi connectivity index (χ0) is 20.3. The van der Waals surface area contributed by atoms with E-state index in [4.69, 9.17) is 13.9 Å². The van der Waals surface area contributed by atoms with E-state index in [1.54, 1.807) is 36.4 Å². The average Bonchev–Trinajstić information content (AvgIpc) is 3.42. The minimum Gasteiger partial charge on any atom is -0.467 e. The summed E-state index contributed by atoms with van der Waals surface area (Å²) in [5.74, 6) is 1.42. The first-order chi connectivity index (χ1) is 14.0. The number of rotatable bonds is 7. The van der Waals surface area contributed by atoms with Crippen LogP contribution in [0.25, 0.3) is 0 Å². The van der Waals surface area contributed by atoms with Crippen LogP contribution in [0.2, 0.25) is 0 Å². The molecule has 0 atom stereocenters. The number of hydrogen-bond donors (Lipinski definition) is 2. The molecular weight excluding hydrogens is 396 g/mol. The molecule has 29 heavy (non-hydrogen) atoms. The Bertz CT molecular complexity index is 1130. The van der Waals surface area contributed by atoms with E-state index in [1.165, 1.54) is 24.5 Å². The number of ether oxygens (including phenoxy) is 2. The van der Waals surface area contributed by atoms with Crippen LogP contribution in [0.4, 0.5) is 0 Å². The van der Waals surface area contributed by atoms with Gasteiger partial charge in [0.2, 0.25) is 16.8 Å². The second-order valence-corrected chi connectivity index (χ2v) is 8.07. The molecule has 0 radical (unpaired) electrons. The SMILES string of the molecule is O=C(NCc1ccco1)c1cccc(S(=O)(=O)NCc2ccc3c(c2)OCO3)c1. The Morgan fingerprint density at radius 3 is 2.66 bits per heavy atom. The summed E-state index contributed by atoms with van der Waals surface area (Å²) in [6.07, 6.45) is 1.51. The van der Waals surface area contributed by atoms with Gasteiger partial charge in [-0.2, -0.15) is 0 Å². The van der Waals surface area contributed by atoms with Crippen molar-refractivity contribution in [3.05, 3.63) is 77.7 Å². The van der Waals surface area contributed by atoms with Crippen molar-refractivity contribution in [2.75, 3.05) is 6.79 Å². The Morgan fingerprint density at radius 1 is 0.966 bits per heavy atom. The Labute approximate surface area is 167 Å². The topological polar surface area (TPSA) is 107 Å². The van der Waals surface area contributed by atoms with Gasteiger partial charge in [-0.15, -0.1) is 0 Å². The summed E-state index contributed by atoms with van der Waals surface area (Å²) in [5.41, 5.74) is 0.965. The van der Waals surface area contributed by atoms with Gasteiger partial charge >= 0.3 is 0 Å². The second-order valence-electron chi connectivity index (χ2n) is 6.30. The van der Waals surface area contributed by atoms with Crippen molar-refractivity contribution in [3.63, 3.8) is 0 Å². The van der Waals surface area contributed by atoms with Crippen molar-refractivity contribution in [1.82, 2.24) is 10.0 Å². The lowest BCUT2D eigenvalue weighted by Crippen LogP contribution is -2.25. The van der Waals surface area contributed by atoms with Gasteiger partial charge in [-0.25, -0.2) is 13.1 Å². The quantitative estimate of drug-likeness (QED) is 0.615. The molecule has 0 bridgehead atoms. The minimum atomic E-state index is -3.81. The summed E-state index contributed by atoms with van der Waals surface area (Å²) in [4.78, 5) is 12.3. The van der Waals surface area contributed by atoms with Crippen molar-refractivity contribution in [2.24, 2.45) is 0 Å². The van der Waals surface area contributed by atoms with Crippen LogP contribution in [-0.4, -0.2) is 21.1 Å². The number of furan rings is 1. The van der Waals surface area contributed by atoms with Gasteiger partial charge in [-0.05, 0) is 48.0 Å². The van der Waals surface area contributed by atoms with Gasteiger partial charge in [0.1, 0.15) is 5.76 Å². The molecule has 2 aromatic carbocycles. The monoisotopic (exact) mass is 414 g/mol. The highest BCUT2D eigenvalue weighted by Gasteiger charge is 2.18. The van der Waals surface area contributed by atoms with Crippen LogP contribution < -0.4 is 19.5 Å². The third-order valence-electron chi connectivity index (χ3n) is 4.31. The first kappa shape index (κ1) is 19.0.